The lowest BCUT2D eigenvalue weighted by Gasteiger charge is -2.33. The van der Waals surface area contributed by atoms with Crippen molar-refractivity contribution in [3.05, 3.63) is 11.7 Å². The van der Waals surface area contributed by atoms with E-state index in [0.717, 1.165) is 25.8 Å². The van der Waals surface area contributed by atoms with Crippen LogP contribution in [-0.4, -0.2) is 37.0 Å². The van der Waals surface area contributed by atoms with Crippen LogP contribution in [0, 0.1) is 0 Å². The van der Waals surface area contributed by atoms with Gasteiger partial charge in [-0.15, -0.1) is 0 Å². The lowest BCUT2D eigenvalue weighted by Crippen LogP contribution is -2.43. The third-order valence-electron chi connectivity index (χ3n) is 4.62. The van der Waals surface area contributed by atoms with Crippen molar-refractivity contribution in [3.8, 4) is 0 Å². The summed E-state index contributed by atoms with van der Waals surface area (Å²) in [6.07, 6.45) is 4.96. The van der Waals surface area contributed by atoms with Crippen molar-refractivity contribution in [1.82, 2.24) is 15.5 Å². The molecule has 6 nitrogen and oxygen atoms in total. The predicted molar refractivity (Wildman–Crippen MR) is 72.2 cm³/mol. The van der Waals surface area contributed by atoms with Gasteiger partial charge in [0.2, 0.25) is 11.7 Å². The average Bonchev–Trinajstić information content (AvgIpc) is 3.00. The first-order chi connectivity index (χ1) is 9.69. The molecule has 2 fully saturated rings. The zero-order valence-electron chi connectivity index (χ0n) is 12.3. The smallest absolute Gasteiger partial charge is 0.246 e. The Hall–Kier alpha value is -0.980. The monoisotopic (exact) mass is 281 g/mol. The van der Waals surface area contributed by atoms with E-state index >= 15 is 0 Å². The Bertz CT molecular complexity index is 448. The van der Waals surface area contributed by atoms with E-state index in [1.54, 1.807) is 7.11 Å². The van der Waals surface area contributed by atoms with Crippen molar-refractivity contribution in [3.63, 3.8) is 0 Å². The van der Waals surface area contributed by atoms with Crippen molar-refractivity contribution >= 4 is 0 Å². The molecule has 0 spiro atoms. The van der Waals surface area contributed by atoms with E-state index in [1.165, 1.54) is 12.8 Å². The maximum atomic E-state index is 5.71. The molecule has 6 heteroatoms. The fraction of sp³-hybridized carbons (Fsp3) is 0.857. The zero-order valence-corrected chi connectivity index (χ0v) is 12.3. The number of hydrogen-bond acceptors (Lipinski definition) is 6. The summed E-state index contributed by atoms with van der Waals surface area (Å²) in [7, 11) is 1.71. The first-order valence-corrected chi connectivity index (χ1v) is 7.41. The topological polar surface area (TPSA) is 69.4 Å². The van der Waals surface area contributed by atoms with Crippen LogP contribution in [0.2, 0.25) is 0 Å². The summed E-state index contributed by atoms with van der Waals surface area (Å²) in [4.78, 5) is 4.65. The Labute approximate surface area is 119 Å². The molecular formula is C14H23N3O3. The van der Waals surface area contributed by atoms with E-state index in [-0.39, 0.29) is 5.54 Å². The van der Waals surface area contributed by atoms with E-state index in [2.05, 4.69) is 22.4 Å². The van der Waals surface area contributed by atoms with Gasteiger partial charge >= 0.3 is 0 Å². The van der Waals surface area contributed by atoms with E-state index in [1.807, 2.05) is 0 Å². The van der Waals surface area contributed by atoms with Gasteiger partial charge in [-0.3, -0.25) is 0 Å². The van der Waals surface area contributed by atoms with Crippen LogP contribution in [0.4, 0.5) is 0 Å². The normalized spacial score (nSPS) is 30.3. The Kier molecular flexibility index (Phi) is 3.79. The second-order valence-electron chi connectivity index (χ2n) is 5.95. The van der Waals surface area contributed by atoms with Gasteiger partial charge in [-0.05, 0) is 32.7 Å². The third kappa shape index (κ3) is 2.36. The maximum Gasteiger partial charge on any atom is 0.246 e. The van der Waals surface area contributed by atoms with Crippen LogP contribution in [0.3, 0.4) is 0 Å². The SMILES string of the molecule is COC1(c2noc(C3(C)CCCCN3)n2)CCOCC1. The summed E-state index contributed by atoms with van der Waals surface area (Å²) < 4.78 is 16.7. The van der Waals surface area contributed by atoms with Gasteiger partial charge in [-0.25, -0.2) is 0 Å². The average molecular weight is 281 g/mol. The Morgan fingerprint density at radius 3 is 2.65 bits per heavy atom. The van der Waals surface area contributed by atoms with Crippen LogP contribution < -0.4 is 5.32 Å². The second-order valence-corrected chi connectivity index (χ2v) is 5.95. The number of methoxy groups -OCH3 is 1. The van der Waals surface area contributed by atoms with Crippen LogP contribution >= 0.6 is 0 Å². The lowest BCUT2D eigenvalue weighted by atomic mass is 9.90. The number of nitrogens with zero attached hydrogens (tertiary/aromatic N) is 2. The second kappa shape index (κ2) is 5.42. The number of nitrogens with one attached hydrogen (secondary N) is 1. The van der Waals surface area contributed by atoms with Gasteiger partial charge in [0, 0.05) is 33.2 Å². The van der Waals surface area contributed by atoms with E-state index in [0.29, 0.717) is 24.9 Å². The number of piperidine rings is 1. The molecule has 112 valence electrons. The van der Waals surface area contributed by atoms with E-state index in [4.69, 9.17) is 14.0 Å². The highest BCUT2D eigenvalue weighted by atomic mass is 16.5. The van der Waals surface area contributed by atoms with Gasteiger partial charge in [0.25, 0.3) is 0 Å². The van der Waals surface area contributed by atoms with Crippen molar-refractivity contribution in [2.24, 2.45) is 0 Å². The molecule has 0 aromatic carbocycles. The van der Waals surface area contributed by atoms with Gasteiger partial charge < -0.3 is 19.3 Å². The van der Waals surface area contributed by atoms with Crippen LogP contribution in [0.25, 0.3) is 0 Å². The van der Waals surface area contributed by atoms with Crippen LogP contribution in [0.5, 0.6) is 0 Å². The number of hydrogen-bond donors (Lipinski definition) is 1. The molecule has 1 atom stereocenters. The number of aromatic nitrogens is 2. The molecule has 3 rings (SSSR count). The fourth-order valence-electron chi connectivity index (χ4n) is 3.09. The number of ether oxygens (including phenoxy) is 2. The molecule has 0 radical (unpaired) electrons. The Morgan fingerprint density at radius 1 is 1.20 bits per heavy atom. The first-order valence-electron chi connectivity index (χ1n) is 7.41. The quantitative estimate of drug-likeness (QED) is 0.909. The Morgan fingerprint density at radius 2 is 2.00 bits per heavy atom. The molecule has 0 amide bonds. The van der Waals surface area contributed by atoms with Crippen LogP contribution in [0.15, 0.2) is 4.52 Å². The molecule has 1 N–H and O–H groups in total. The van der Waals surface area contributed by atoms with Crippen LogP contribution in [0.1, 0.15) is 50.7 Å². The third-order valence-corrected chi connectivity index (χ3v) is 4.62. The molecule has 2 aliphatic heterocycles. The minimum atomic E-state index is -0.453. The van der Waals surface area contributed by atoms with Crippen molar-refractivity contribution < 1.29 is 14.0 Å². The van der Waals surface area contributed by atoms with Crippen LogP contribution in [-0.2, 0) is 20.6 Å². The summed E-state index contributed by atoms with van der Waals surface area (Å²) in [6.45, 7) is 4.48. The molecule has 3 heterocycles. The lowest BCUT2D eigenvalue weighted by molar-refractivity contribution is -0.101. The number of rotatable bonds is 3. The minimum absolute atomic E-state index is 0.205. The summed E-state index contributed by atoms with van der Waals surface area (Å²) in [5.74, 6) is 1.34. The molecular weight excluding hydrogens is 258 g/mol. The fourth-order valence-corrected chi connectivity index (χ4v) is 3.09. The molecule has 1 aromatic rings. The minimum Gasteiger partial charge on any atom is -0.381 e. The Balaban J connectivity index is 1.85. The molecule has 2 saturated heterocycles. The van der Waals surface area contributed by atoms with Crippen molar-refractivity contribution in [1.29, 1.82) is 0 Å². The highest BCUT2D eigenvalue weighted by Crippen LogP contribution is 2.36. The molecule has 0 bridgehead atoms. The summed E-state index contributed by atoms with van der Waals surface area (Å²) in [6, 6.07) is 0. The molecule has 0 saturated carbocycles. The molecule has 1 unspecified atom stereocenters. The summed E-state index contributed by atoms with van der Waals surface area (Å²) >= 11 is 0. The molecule has 0 aliphatic carbocycles. The highest BCUT2D eigenvalue weighted by molar-refractivity contribution is 5.08. The van der Waals surface area contributed by atoms with Gasteiger partial charge in [0.1, 0.15) is 5.60 Å². The van der Waals surface area contributed by atoms with Gasteiger partial charge in [-0.1, -0.05) is 5.16 Å². The summed E-state index contributed by atoms with van der Waals surface area (Å²) in [5.41, 5.74) is -0.658. The molecule has 2 aliphatic rings. The van der Waals surface area contributed by atoms with Crippen molar-refractivity contribution in [2.45, 2.75) is 50.2 Å². The van der Waals surface area contributed by atoms with Gasteiger partial charge in [0.05, 0.1) is 5.54 Å². The van der Waals surface area contributed by atoms with Gasteiger partial charge in [0.15, 0.2) is 0 Å². The molecule has 20 heavy (non-hydrogen) atoms. The predicted octanol–water partition coefficient (Wildman–Crippen LogP) is 1.71. The standard InChI is InChI=1S/C14H23N3O3/c1-13(5-3-4-8-15-13)12-16-11(17-20-12)14(18-2)6-9-19-10-7-14/h15H,3-10H2,1-2H3. The van der Waals surface area contributed by atoms with E-state index < -0.39 is 5.60 Å². The first kappa shape index (κ1) is 14.0. The van der Waals surface area contributed by atoms with Gasteiger partial charge in [-0.2, -0.15) is 4.98 Å². The molecule has 1 aromatic heterocycles. The summed E-state index contributed by atoms with van der Waals surface area (Å²) in [5, 5.41) is 7.69. The van der Waals surface area contributed by atoms with Crippen molar-refractivity contribution in [2.75, 3.05) is 26.9 Å². The zero-order chi connectivity index (χ0) is 14.1. The maximum absolute atomic E-state index is 5.71. The highest BCUT2D eigenvalue weighted by Gasteiger charge is 2.41. The van der Waals surface area contributed by atoms with E-state index in [9.17, 15) is 0 Å². The largest absolute Gasteiger partial charge is 0.381 e.